The number of halogens is 1. The molecule has 84 valence electrons. The van der Waals surface area contributed by atoms with Crippen LogP contribution in [-0.4, -0.2) is 22.9 Å². The van der Waals surface area contributed by atoms with E-state index < -0.39 is 0 Å². The second-order valence-corrected chi connectivity index (χ2v) is 5.20. The van der Waals surface area contributed by atoms with Crippen LogP contribution in [0.15, 0.2) is 10.8 Å². The molecule has 0 radical (unpaired) electrons. The topological polar surface area (TPSA) is 29.9 Å². The summed E-state index contributed by atoms with van der Waals surface area (Å²) in [5.74, 6) is 0.674. The third-order valence-corrected chi connectivity index (χ3v) is 3.85. The molecule has 1 N–H and O–H groups in total. The molecule has 0 bridgehead atoms. The Morgan fingerprint density at radius 2 is 2.13 bits per heavy atom. The Balaban J connectivity index is 2.20. The predicted molar refractivity (Wildman–Crippen MR) is 65.2 cm³/mol. The summed E-state index contributed by atoms with van der Waals surface area (Å²) in [6.07, 6.45) is 4.48. The van der Waals surface area contributed by atoms with Crippen LogP contribution in [0, 0.1) is 0 Å². The molecule has 1 aliphatic heterocycles. The molecule has 0 unspecified atom stereocenters. The van der Waals surface area contributed by atoms with E-state index in [9.17, 15) is 0 Å². The Labute approximate surface area is 99.4 Å². The maximum atomic E-state index is 4.44. The summed E-state index contributed by atoms with van der Waals surface area (Å²) in [5, 5.41) is 7.83. The van der Waals surface area contributed by atoms with Crippen molar-refractivity contribution in [2.24, 2.45) is 0 Å². The van der Waals surface area contributed by atoms with Crippen molar-refractivity contribution in [3.8, 4) is 0 Å². The first-order valence-corrected chi connectivity index (χ1v) is 6.43. The lowest BCUT2D eigenvalue weighted by Gasteiger charge is -2.22. The average molecular weight is 272 g/mol. The van der Waals surface area contributed by atoms with Gasteiger partial charge >= 0.3 is 0 Å². The van der Waals surface area contributed by atoms with E-state index in [0.717, 1.165) is 13.1 Å². The first-order chi connectivity index (χ1) is 7.20. The van der Waals surface area contributed by atoms with Crippen LogP contribution in [0.25, 0.3) is 0 Å². The van der Waals surface area contributed by atoms with Crippen LogP contribution in [0.5, 0.6) is 0 Å². The summed E-state index contributed by atoms with van der Waals surface area (Å²) in [6.45, 7) is 6.57. The highest BCUT2D eigenvalue weighted by atomic mass is 79.9. The minimum Gasteiger partial charge on any atom is -0.317 e. The Morgan fingerprint density at radius 3 is 2.67 bits per heavy atom. The number of piperidine rings is 1. The van der Waals surface area contributed by atoms with Crippen molar-refractivity contribution in [2.45, 2.75) is 38.6 Å². The van der Waals surface area contributed by atoms with E-state index in [1.54, 1.807) is 0 Å². The number of nitrogens with one attached hydrogen (secondary N) is 1. The molecule has 0 aliphatic carbocycles. The Kier molecular flexibility index (Phi) is 3.46. The lowest BCUT2D eigenvalue weighted by atomic mass is 9.93. The van der Waals surface area contributed by atoms with Gasteiger partial charge in [0.25, 0.3) is 0 Å². The zero-order valence-corrected chi connectivity index (χ0v) is 10.9. The van der Waals surface area contributed by atoms with Gasteiger partial charge in [-0.15, -0.1) is 0 Å². The largest absolute Gasteiger partial charge is 0.317 e. The van der Waals surface area contributed by atoms with Gasteiger partial charge in [-0.05, 0) is 61.6 Å². The van der Waals surface area contributed by atoms with Crippen molar-refractivity contribution < 1.29 is 0 Å². The lowest BCUT2D eigenvalue weighted by molar-refractivity contribution is 0.456. The molecule has 1 aliphatic rings. The Hall–Kier alpha value is -0.350. The van der Waals surface area contributed by atoms with Gasteiger partial charge in [0.1, 0.15) is 4.60 Å². The highest BCUT2D eigenvalue weighted by Gasteiger charge is 2.21. The smallest absolute Gasteiger partial charge is 0.107 e. The summed E-state index contributed by atoms with van der Waals surface area (Å²) in [4.78, 5) is 0. The quantitative estimate of drug-likeness (QED) is 0.897. The zero-order chi connectivity index (χ0) is 10.8. The van der Waals surface area contributed by atoms with Crippen molar-refractivity contribution in [3.63, 3.8) is 0 Å². The molecule has 0 saturated carbocycles. The monoisotopic (exact) mass is 271 g/mol. The van der Waals surface area contributed by atoms with E-state index in [-0.39, 0.29) is 0 Å². The van der Waals surface area contributed by atoms with Crippen LogP contribution in [0.1, 0.15) is 44.2 Å². The number of rotatable bonds is 2. The van der Waals surface area contributed by atoms with Crippen LogP contribution in [0.2, 0.25) is 0 Å². The molecule has 3 nitrogen and oxygen atoms in total. The van der Waals surface area contributed by atoms with E-state index in [2.05, 4.69) is 44.9 Å². The fraction of sp³-hybridized carbons (Fsp3) is 0.727. The second-order valence-electron chi connectivity index (χ2n) is 4.45. The van der Waals surface area contributed by atoms with Gasteiger partial charge in [-0.3, -0.25) is 4.68 Å². The minimum atomic E-state index is 0.426. The van der Waals surface area contributed by atoms with Gasteiger partial charge in [0.15, 0.2) is 0 Å². The maximum Gasteiger partial charge on any atom is 0.107 e. The normalized spacial score (nSPS) is 18.7. The standard InChI is InChI=1S/C11H18BrN3/c1-8(2)15-11(12)10(7-14-15)9-3-5-13-6-4-9/h7-9,13H,3-6H2,1-2H3. The lowest BCUT2D eigenvalue weighted by Crippen LogP contribution is -2.26. The molecule has 1 aromatic heterocycles. The fourth-order valence-electron chi connectivity index (χ4n) is 2.13. The maximum absolute atomic E-state index is 4.44. The summed E-state index contributed by atoms with van der Waals surface area (Å²) in [5.41, 5.74) is 1.38. The Bertz CT molecular complexity index is 327. The van der Waals surface area contributed by atoms with E-state index in [4.69, 9.17) is 0 Å². The fourth-order valence-corrected chi connectivity index (χ4v) is 3.05. The van der Waals surface area contributed by atoms with Crippen molar-refractivity contribution in [1.29, 1.82) is 0 Å². The molecule has 0 amide bonds. The van der Waals surface area contributed by atoms with E-state index in [1.807, 2.05) is 6.20 Å². The summed E-state index contributed by atoms with van der Waals surface area (Å²) >= 11 is 3.67. The number of nitrogens with zero attached hydrogens (tertiary/aromatic N) is 2. The molecule has 4 heteroatoms. The highest BCUT2D eigenvalue weighted by molar-refractivity contribution is 9.10. The highest BCUT2D eigenvalue weighted by Crippen LogP contribution is 2.32. The van der Waals surface area contributed by atoms with Gasteiger partial charge < -0.3 is 5.32 Å². The molecule has 2 rings (SSSR count). The summed E-state index contributed by atoms with van der Waals surface area (Å²) < 4.78 is 3.22. The first-order valence-electron chi connectivity index (χ1n) is 5.63. The molecule has 15 heavy (non-hydrogen) atoms. The zero-order valence-electron chi connectivity index (χ0n) is 9.33. The molecule has 1 fully saturated rings. The summed E-state index contributed by atoms with van der Waals surface area (Å²) in [6, 6.07) is 0.426. The van der Waals surface area contributed by atoms with Crippen molar-refractivity contribution in [2.75, 3.05) is 13.1 Å². The third-order valence-electron chi connectivity index (χ3n) is 3.03. The van der Waals surface area contributed by atoms with Crippen molar-refractivity contribution in [1.82, 2.24) is 15.1 Å². The molecule has 0 atom stereocenters. The van der Waals surface area contributed by atoms with Crippen LogP contribution >= 0.6 is 15.9 Å². The van der Waals surface area contributed by atoms with Gasteiger partial charge in [-0.25, -0.2) is 0 Å². The molecule has 2 heterocycles. The second kappa shape index (κ2) is 4.66. The predicted octanol–water partition coefficient (Wildman–Crippen LogP) is 2.69. The molecular weight excluding hydrogens is 254 g/mol. The minimum absolute atomic E-state index is 0.426. The van der Waals surface area contributed by atoms with Crippen molar-refractivity contribution >= 4 is 15.9 Å². The van der Waals surface area contributed by atoms with E-state index in [0.29, 0.717) is 12.0 Å². The van der Waals surface area contributed by atoms with Gasteiger partial charge in [0.2, 0.25) is 0 Å². The van der Waals surface area contributed by atoms with Gasteiger partial charge in [0, 0.05) is 11.6 Å². The van der Waals surface area contributed by atoms with Crippen molar-refractivity contribution in [3.05, 3.63) is 16.4 Å². The SMILES string of the molecule is CC(C)n1ncc(C2CCNCC2)c1Br. The van der Waals surface area contributed by atoms with Gasteiger partial charge in [-0.2, -0.15) is 5.10 Å². The van der Waals surface area contributed by atoms with Gasteiger partial charge in [0.05, 0.1) is 6.20 Å². The average Bonchev–Trinajstić information content (AvgIpc) is 2.61. The molecule has 0 aromatic carbocycles. The summed E-state index contributed by atoms with van der Waals surface area (Å²) in [7, 11) is 0. The number of aromatic nitrogens is 2. The van der Waals surface area contributed by atoms with E-state index in [1.165, 1.54) is 23.0 Å². The molecule has 1 aromatic rings. The van der Waals surface area contributed by atoms with Gasteiger partial charge in [-0.1, -0.05) is 0 Å². The number of hydrogen-bond acceptors (Lipinski definition) is 2. The first kappa shape index (κ1) is 11.1. The molecule has 0 spiro atoms. The molecule has 1 saturated heterocycles. The third kappa shape index (κ3) is 2.26. The molecular formula is C11H18BrN3. The Morgan fingerprint density at radius 1 is 1.47 bits per heavy atom. The number of hydrogen-bond donors (Lipinski definition) is 1. The van der Waals surface area contributed by atoms with Crippen LogP contribution < -0.4 is 5.32 Å². The van der Waals surface area contributed by atoms with Crippen LogP contribution in [0.3, 0.4) is 0 Å². The van der Waals surface area contributed by atoms with Crippen LogP contribution in [0.4, 0.5) is 0 Å². The van der Waals surface area contributed by atoms with Crippen LogP contribution in [-0.2, 0) is 0 Å². The van der Waals surface area contributed by atoms with E-state index >= 15 is 0 Å².